The van der Waals surface area contributed by atoms with Crippen LogP contribution in [-0.2, 0) is 31.5 Å². The minimum absolute atomic E-state index is 0.148. The van der Waals surface area contributed by atoms with Gasteiger partial charge in [0.25, 0.3) is 5.91 Å². The van der Waals surface area contributed by atoms with Gasteiger partial charge in [-0.3, -0.25) is 19.2 Å². The molecule has 0 unspecified atom stereocenters. The average molecular weight is 688 g/mol. The number of nitrogens with zero attached hydrogens (tertiary/aromatic N) is 4. The number of piperazine rings is 1. The second-order valence-electron chi connectivity index (χ2n) is 12.8. The van der Waals surface area contributed by atoms with E-state index in [9.17, 15) is 19.2 Å². The number of rotatable bonds is 13. The number of carbonyl (C=O) groups is 4. The van der Waals surface area contributed by atoms with Gasteiger partial charge < -0.3 is 30.9 Å². The van der Waals surface area contributed by atoms with Gasteiger partial charge in [-0.2, -0.15) is 8.78 Å². The van der Waals surface area contributed by atoms with Crippen molar-refractivity contribution in [2.24, 2.45) is 23.5 Å². The van der Waals surface area contributed by atoms with Gasteiger partial charge in [-0.15, -0.1) is 0 Å². The number of hydrogen-bond acceptors (Lipinski definition) is 8. The normalized spacial score (nSPS) is 20.0. The van der Waals surface area contributed by atoms with Crippen LogP contribution in [0.1, 0.15) is 50.2 Å². The number of nitrogens with two attached hydrogens (primary N) is 1. The monoisotopic (exact) mass is 687 g/mol. The fourth-order valence-electron chi connectivity index (χ4n) is 6.09. The Morgan fingerprint density at radius 1 is 1.08 bits per heavy atom. The van der Waals surface area contributed by atoms with Crippen LogP contribution in [0.3, 0.4) is 0 Å². The predicted molar refractivity (Wildman–Crippen MR) is 175 cm³/mol. The van der Waals surface area contributed by atoms with E-state index in [1.807, 2.05) is 7.05 Å². The van der Waals surface area contributed by atoms with Gasteiger partial charge in [0.2, 0.25) is 17.7 Å². The minimum Gasteiger partial charge on any atom is -0.467 e. The summed E-state index contributed by atoms with van der Waals surface area (Å²) in [4.78, 5) is 62.2. The summed E-state index contributed by atoms with van der Waals surface area (Å²) in [5, 5.41) is 4.70. The van der Waals surface area contributed by atoms with Crippen LogP contribution < -0.4 is 21.1 Å². The summed E-state index contributed by atoms with van der Waals surface area (Å²) < 4.78 is 50.5. The highest BCUT2D eigenvalue weighted by molar-refractivity contribution is 5.98. The molecule has 2 fully saturated rings. The summed E-state index contributed by atoms with van der Waals surface area (Å²) in [5.74, 6) is -8.92. The van der Waals surface area contributed by atoms with Gasteiger partial charge in [0.1, 0.15) is 11.9 Å². The van der Waals surface area contributed by atoms with Crippen LogP contribution in [0.25, 0.3) is 0 Å². The SMILES string of the molecule is COc1ncc(C(F)(F)C(=O)N[C@H](C(=O)Nc2ccc(CC[C@H](C=CC(N)=O)C(=O)N3CCN(C)CC3)cc2F)C2CCC(C)CC2)cn1. The Labute approximate surface area is 283 Å². The summed E-state index contributed by atoms with van der Waals surface area (Å²) >= 11 is 0. The summed E-state index contributed by atoms with van der Waals surface area (Å²) in [6.45, 7) is 4.60. The zero-order chi connectivity index (χ0) is 35.7. The molecule has 4 rings (SSSR count). The molecule has 1 aliphatic heterocycles. The molecule has 4 amide bonds. The van der Waals surface area contributed by atoms with Gasteiger partial charge in [0.15, 0.2) is 0 Å². The Balaban J connectivity index is 1.46. The Kier molecular flexibility index (Phi) is 12.7. The number of halogens is 3. The molecule has 4 N–H and O–H groups in total. The molecule has 0 bridgehead atoms. The molecule has 1 saturated carbocycles. The molecule has 49 heavy (non-hydrogen) atoms. The number of ether oxygens (including phenoxy) is 1. The first-order valence-electron chi connectivity index (χ1n) is 16.4. The van der Waals surface area contributed by atoms with Gasteiger partial charge >= 0.3 is 11.9 Å². The fourth-order valence-corrected chi connectivity index (χ4v) is 6.09. The third-order valence-electron chi connectivity index (χ3n) is 9.22. The van der Waals surface area contributed by atoms with Gasteiger partial charge in [-0.05, 0) is 68.3 Å². The van der Waals surface area contributed by atoms with Gasteiger partial charge in [-0.1, -0.05) is 31.9 Å². The number of amides is 4. The molecule has 0 spiro atoms. The molecule has 2 heterocycles. The van der Waals surface area contributed by atoms with E-state index >= 15 is 13.2 Å². The molecular formula is C34H44F3N7O5. The predicted octanol–water partition coefficient (Wildman–Crippen LogP) is 3.03. The number of benzene rings is 1. The van der Waals surface area contributed by atoms with Crippen molar-refractivity contribution in [2.45, 2.75) is 57.4 Å². The zero-order valence-electron chi connectivity index (χ0n) is 28.0. The van der Waals surface area contributed by atoms with Crippen LogP contribution >= 0.6 is 0 Å². The Hall–Kier alpha value is -4.53. The number of aryl methyl sites for hydroxylation is 1. The molecule has 1 aliphatic carbocycles. The third kappa shape index (κ3) is 10.00. The van der Waals surface area contributed by atoms with E-state index < -0.39 is 52.9 Å². The maximum absolute atomic E-state index is 15.4. The van der Waals surface area contributed by atoms with E-state index in [1.54, 1.807) is 11.0 Å². The van der Waals surface area contributed by atoms with Crippen LogP contribution in [0.15, 0.2) is 42.7 Å². The third-order valence-corrected chi connectivity index (χ3v) is 9.22. The lowest BCUT2D eigenvalue weighted by molar-refractivity contribution is -0.149. The highest BCUT2D eigenvalue weighted by Gasteiger charge is 2.45. The minimum atomic E-state index is -4.06. The second kappa shape index (κ2) is 16.7. The summed E-state index contributed by atoms with van der Waals surface area (Å²) in [7, 11) is 3.24. The molecule has 0 radical (unpaired) electrons. The Morgan fingerprint density at radius 3 is 2.33 bits per heavy atom. The van der Waals surface area contributed by atoms with E-state index in [2.05, 4.69) is 32.4 Å². The number of hydrogen-bond donors (Lipinski definition) is 3. The van der Waals surface area contributed by atoms with Crippen LogP contribution in [0, 0.1) is 23.6 Å². The molecule has 1 saturated heterocycles. The largest absolute Gasteiger partial charge is 0.467 e. The Bertz CT molecular complexity index is 1510. The molecule has 266 valence electrons. The van der Waals surface area contributed by atoms with Crippen LogP contribution in [0.2, 0.25) is 0 Å². The first-order valence-corrected chi connectivity index (χ1v) is 16.4. The van der Waals surface area contributed by atoms with Crippen molar-refractivity contribution in [3.05, 3.63) is 59.7 Å². The van der Waals surface area contributed by atoms with Crippen LogP contribution in [0.4, 0.5) is 18.9 Å². The second-order valence-corrected chi connectivity index (χ2v) is 12.8. The highest BCUT2D eigenvalue weighted by Crippen LogP contribution is 2.33. The van der Waals surface area contributed by atoms with Gasteiger partial charge in [0.05, 0.1) is 24.3 Å². The molecule has 12 nitrogen and oxygen atoms in total. The van der Waals surface area contributed by atoms with Crippen molar-refractivity contribution in [3.8, 4) is 6.01 Å². The van der Waals surface area contributed by atoms with Crippen LogP contribution in [0.5, 0.6) is 6.01 Å². The molecule has 2 atom stereocenters. The van der Waals surface area contributed by atoms with E-state index in [1.165, 1.54) is 25.3 Å². The van der Waals surface area contributed by atoms with E-state index in [0.717, 1.165) is 44.4 Å². The lowest BCUT2D eigenvalue weighted by Gasteiger charge is -2.34. The highest BCUT2D eigenvalue weighted by atomic mass is 19.3. The molecule has 15 heteroatoms. The lowest BCUT2D eigenvalue weighted by atomic mass is 9.79. The van der Waals surface area contributed by atoms with Gasteiger partial charge in [0, 0.05) is 38.6 Å². The standard InChI is InChI=1S/C34H44F3N7O5/c1-21-4-8-23(9-5-21)29(42-32(48)34(36,37)25-19-39-33(49-3)40-20-25)30(46)41-27-12-7-22(18-26(27)35)6-10-24(11-13-28(38)45)31(47)44-16-14-43(2)15-17-44/h7,11-13,18-21,23-24,29H,4-6,8-10,14-17H2,1-3H3,(H2,38,45)(H,41,46)(H,42,48)/t21?,23?,24-,29+/m1/s1. The van der Waals surface area contributed by atoms with Crippen molar-refractivity contribution < 1.29 is 37.1 Å². The molecular weight excluding hydrogens is 643 g/mol. The van der Waals surface area contributed by atoms with Gasteiger partial charge in [-0.25, -0.2) is 14.4 Å². The average Bonchev–Trinajstić information content (AvgIpc) is 3.08. The maximum Gasteiger partial charge on any atom is 0.352 e. The first-order chi connectivity index (χ1) is 23.3. The number of primary amides is 1. The maximum atomic E-state index is 15.4. The smallest absolute Gasteiger partial charge is 0.352 e. The molecule has 2 aliphatic rings. The summed E-state index contributed by atoms with van der Waals surface area (Å²) in [6.07, 6.45) is 7.23. The van der Waals surface area contributed by atoms with Crippen molar-refractivity contribution in [3.63, 3.8) is 0 Å². The lowest BCUT2D eigenvalue weighted by Crippen LogP contribution is -2.53. The van der Waals surface area contributed by atoms with Crippen LogP contribution in [-0.4, -0.2) is 89.8 Å². The first kappa shape index (κ1) is 37.3. The summed E-state index contributed by atoms with van der Waals surface area (Å²) in [6, 6.07) is 2.65. The number of likely N-dealkylation sites (N-methyl/N-ethyl adjacent to an activating group) is 1. The number of anilines is 1. The molecule has 1 aromatic heterocycles. The molecule has 2 aromatic rings. The van der Waals surface area contributed by atoms with E-state index in [0.29, 0.717) is 37.4 Å². The van der Waals surface area contributed by atoms with Crippen molar-refractivity contribution in [1.82, 2.24) is 25.1 Å². The fraction of sp³-hybridized carbons (Fsp3) is 0.529. The number of nitrogens with one attached hydrogen (secondary N) is 2. The van der Waals surface area contributed by atoms with E-state index in [-0.39, 0.29) is 30.4 Å². The van der Waals surface area contributed by atoms with Crippen molar-refractivity contribution in [2.75, 3.05) is 45.7 Å². The Morgan fingerprint density at radius 2 is 1.73 bits per heavy atom. The van der Waals surface area contributed by atoms with Crippen molar-refractivity contribution in [1.29, 1.82) is 0 Å². The number of methoxy groups -OCH3 is 1. The number of alkyl halides is 2. The van der Waals surface area contributed by atoms with Crippen molar-refractivity contribution >= 4 is 29.3 Å². The molecule has 1 aromatic carbocycles. The zero-order valence-corrected chi connectivity index (χ0v) is 28.0. The summed E-state index contributed by atoms with van der Waals surface area (Å²) in [5.41, 5.74) is 4.84. The van der Waals surface area contributed by atoms with E-state index in [4.69, 9.17) is 10.5 Å². The number of aromatic nitrogens is 2. The quantitative estimate of drug-likeness (QED) is 0.271. The number of carbonyl (C=O) groups excluding carboxylic acids is 4. The topological polar surface area (TPSA) is 160 Å².